The number of unbranched alkanes of at least 4 members (excludes halogenated alkanes) is 46. The Morgan fingerprint density at radius 2 is 0.398 bits per heavy atom. The molecule has 0 radical (unpaired) electrons. The highest BCUT2D eigenvalue weighted by Crippen LogP contribution is 2.23. The molecule has 0 aromatic heterocycles. The first kappa shape index (κ1) is 104. The van der Waals surface area contributed by atoms with Crippen molar-refractivity contribution >= 4 is 23.9 Å². The summed E-state index contributed by atoms with van der Waals surface area (Å²) in [6, 6.07) is 0. The maximum absolute atomic E-state index is 13.2. The van der Waals surface area contributed by atoms with Gasteiger partial charge >= 0.3 is 23.9 Å². The Morgan fingerprint density at radius 3 is 0.620 bits per heavy atom. The van der Waals surface area contributed by atoms with Crippen molar-refractivity contribution < 1.29 is 38.1 Å². The summed E-state index contributed by atoms with van der Waals surface area (Å²) in [5.74, 6) is 0.0375. The predicted octanol–water partition coefficient (Wildman–Crippen LogP) is 27.5. The first-order chi connectivity index (χ1) is 53.0. The van der Waals surface area contributed by atoms with Crippen LogP contribution in [0.3, 0.4) is 0 Å². The molecule has 1 fully saturated rings. The lowest BCUT2D eigenvalue weighted by Gasteiger charge is -2.37. The van der Waals surface area contributed by atoms with Gasteiger partial charge in [0.25, 0.3) is 0 Å². The van der Waals surface area contributed by atoms with Gasteiger partial charge < -0.3 is 28.7 Å². The van der Waals surface area contributed by atoms with Gasteiger partial charge in [0.2, 0.25) is 0 Å². The quantitative estimate of drug-likeness (QED) is 0.0328. The van der Waals surface area contributed by atoms with Gasteiger partial charge in [0.15, 0.2) is 0 Å². The van der Waals surface area contributed by atoms with Crippen LogP contribution in [0.1, 0.15) is 492 Å². The topological polar surface area (TPSA) is 118 Å². The summed E-state index contributed by atoms with van der Waals surface area (Å²) in [5.41, 5.74) is 0. The van der Waals surface area contributed by atoms with E-state index in [9.17, 15) is 19.2 Å². The molecule has 1 aliphatic rings. The highest BCUT2D eigenvalue weighted by molar-refractivity contribution is 5.70. The number of piperazine rings is 1. The van der Waals surface area contributed by atoms with E-state index in [1.54, 1.807) is 0 Å². The Labute approximate surface area is 673 Å². The molecule has 12 heteroatoms. The summed E-state index contributed by atoms with van der Waals surface area (Å²) in [4.78, 5) is 63.4. The van der Waals surface area contributed by atoms with Crippen LogP contribution in [0.4, 0.5) is 0 Å². The number of rotatable bonds is 86. The van der Waals surface area contributed by atoms with Crippen LogP contribution in [0.15, 0.2) is 0 Å². The van der Waals surface area contributed by atoms with E-state index in [2.05, 4.69) is 75.0 Å². The van der Waals surface area contributed by atoms with Crippen molar-refractivity contribution in [3.8, 4) is 0 Å². The predicted molar refractivity (Wildman–Crippen MR) is 465 cm³/mol. The second-order valence-corrected chi connectivity index (χ2v) is 34.0. The van der Waals surface area contributed by atoms with E-state index in [1.165, 1.54) is 270 Å². The SMILES string of the molecule is CCCCCCCCCCC(CC)OC(=O)CCCCCN(CCCCCCCC(=O)OC(CCCCCCCC)CCCCCCCC)CCN1CCN(CCN(CCCCCCCC(=O)OC(CCCCCCCC)CCCCCCCC)CCCCCC(=O)OC(CC)CCCCCCCCCC)CC1. The first-order valence-corrected chi connectivity index (χ1v) is 48.7. The molecule has 12 nitrogen and oxygen atoms in total. The number of carbonyl (C=O) groups excluding carboxylic acids is 4. The number of ether oxygens (including phenoxy) is 4. The van der Waals surface area contributed by atoms with Crippen molar-refractivity contribution in [2.75, 3.05) is 78.5 Å². The molecular weight excluding hydrogens is 1340 g/mol. The van der Waals surface area contributed by atoms with Crippen molar-refractivity contribution in [1.82, 2.24) is 19.6 Å². The van der Waals surface area contributed by atoms with Crippen LogP contribution in [-0.4, -0.2) is 146 Å². The highest BCUT2D eigenvalue weighted by Gasteiger charge is 2.22. The number of hydrogen-bond acceptors (Lipinski definition) is 12. The molecule has 1 aliphatic heterocycles. The zero-order valence-electron chi connectivity index (χ0n) is 73.9. The second-order valence-electron chi connectivity index (χ2n) is 34.0. The third-order valence-electron chi connectivity index (χ3n) is 23.7. The van der Waals surface area contributed by atoms with Gasteiger partial charge in [-0.2, -0.15) is 0 Å². The number of nitrogens with zero attached hydrogens (tertiary/aromatic N) is 4. The molecule has 108 heavy (non-hydrogen) atoms. The van der Waals surface area contributed by atoms with Crippen molar-refractivity contribution in [2.24, 2.45) is 0 Å². The Bertz CT molecular complexity index is 1740. The van der Waals surface area contributed by atoms with Crippen molar-refractivity contribution in [3.05, 3.63) is 0 Å². The van der Waals surface area contributed by atoms with Crippen LogP contribution >= 0.6 is 0 Å². The van der Waals surface area contributed by atoms with E-state index in [1.807, 2.05) is 0 Å². The van der Waals surface area contributed by atoms with Crippen molar-refractivity contribution in [3.63, 3.8) is 0 Å². The summed E-state index contributed by atoms with van der Waals surface area (Å²) in [7, 11) is 0. The highest BCUT2D eigenvalue weighted by atomic mass is 16.6. The van der Waals surface area contributed by atoms with Crippen LogP contribution in [-0.2, 0) is 38.1 Å². The van der Waals surface area contributed by atoms with Crippen molar-refractivity contribution in [2.45, 2.75) is 516 Å². The molecule has 0 aromatic carbocycles. The normalized spacial score (nSPS) is 13.6. The van der Waals surface area contributed by atoms with E-state index in [-0.39, 0.29) is 48.3 Å². The zero-order chi connectivity index (χ0) is 78.3. The van der Waals surface area contributed by atoms with Gasteiger partial charge in [0.1, 0.15) is 24.4 Å². The fraction of sp³-hybridized carbons (Fsp3) is 0.958. The van der Waals surface area contributed by atoms with Crippen LogP contribution < -0.4 is 0 Å². The summed E-state index contributed by atoms with van der Waals surface area (Å²) in [6.07, 6.45) is 78.9. The molecule has 0 aromatic rings. The van der Waals surface area contributed by atoms with E-state index in [0.717, 1.165) is 220 Å². The molecular formula is C96H188N4O8. The molecule has 2 unspecified atom stereocenters. The van der Waals surface area contributed by atoms with Gasteiger partial charge in [-0.05, 0) is 167 Å². The third-order valence-corrected chi connectivity index (χ3v) is 23.7. The second kappa shape index (κ2) is 81.3. The summed E-state index contributed by atoms with van der Waals surface area (Å²) in [6.45, 7) is 31.1. The van der Waals surface area contributed by atoms with Gasteiger partial charge in [-0.1, -0.05) is 325 Å². The first-order valence-electron chi connectivity index (χ1n) is 48.7. The Balaban J connectivity index is 2.90. The Morgan fingerprint density at radius 1 is 0.222 bits per heavy atom. The summed E-state index contributed by atoms with van der Waals surface area (Å²) in [5, 5.41) is 0. The van der Waals surface area contributed by atoms with Gasteiger partial charge in [-0.3, -0.25) is 29.0 Å². The molecule has 0 saturated carbocycles. The average molecular weight is 1530 g/mol. The Kier molecular flexibility index (Phi) is 78.1. The minimum absolute atomic E-state index is 0.00606. The molecule has 1 saturated heterocycles. The smallest absolute Gasteiger partial charge is 0.306 e. The molecule has 1 rings (SSSR count). The maximum Gasteiger partial charge on any atom is 0.306 e. The molecule has 0 amide bonds. The lowest BCUT2D eigenvalue weighted by Crippen LogP contribution is -2.50. The van der Waals surface area contributed by atoms with Crippen LogP contribution in [0.5, 0.6) is 0 Å². The Hall–Kier alpha value is -2.28. The fourth-order valence-corrected chi connectivity index (χ4v) is 16.1. The standard InChI is InChI=1S/C96H188N4O8/c1-9-17-23-29-35-37-45-53-67-89(15-7)105-93(101)75-61-51-65-79-97(77-63-49-39-47-59-73-95(103)107-91(69-55-41-31-25-19-11-3)70-56-42-32-26-20-12-4)81-83-99-85-87-100(88-86-99)84-82-98(80-66-52-62-76-94(102)106-90(16-8)68-54-46-38-36-30-24-18-10-2)78-64-50-40-48-60-74-96(104)108-92(71-57-43-33-27-21-13-5)72-58-44-34-28-22-14-6/h89-92H,9-88H2,1-8H3. The van der Waals surface area contributed by atoms with E-state index in [4.69, 9.17) is 18.9 Å². The number of carbonyl (C=O) groups is 4. The molecule has 0 bridgehead atoms. The maximum atomic E-state index is 13.2. The minimum Gasteiger partial charge on any atom is -0.462 e. The average Bonchev–Trinajstić information content (AvgIpc) is 0.900. The van der Waals surface area contributed by atoms with Crippen LogP contribution in [0.2, 0.25) is 0 Å². The fourth-order valence-electron chi connectivity index (χ4n) is 16.1. The monoisotopic (exact) mass is 1530 g/mol. The summed E-state index contributed by atoms with van der Waals surface area (Å²) < 4.78 is 24.5. The molecule has 0 spiro atoms. The van der Waals surface area contributed by atoms with E-state index < -0.39 is 0 Å². The van der Waals surface area contributed by atoms with Crippen molar-refractivity contribution in [1.29, 1.82) is 0 Å². The largest absolute Gasteiger partial charge is 0.462 e. The van der Waals surface area contributed by atoms with Crippen LogP contribution in [0, 0.1) is 0 Å². The van der Waals surface area contributed by atoms with E-state index >= 15 is 0 Å². The lowest BCUT2D eigenvalue weighted by atomic mass is 10.0. The zero-order valence-corrected chi connectivity index (χ0v) is 73.9. The van der Waals surface area contributed by atoms with Gasteiger partial charge in [-0.15, -0.1) is 0 Å². The summed E-state index contributed by atoms with van der Waals surface area (Å²) >= 11 is 0. The molecule has 1 heterocycles. The molecule has 0 N–H and O–H groups in total. The lowest BCUT2D eigenvalue weighted by molar-refractivity contribution is -0.151. The molecule has 0 aliphatic carbocycles. The van der Waals surface area contributed by atoms with Crippen LogP contribution in [0.25, 0.3) is 0 Å². The number of hydrogen-bond donors (Lipinski definition) is 0. The third kappa shape index (κ3) is 69.2. The van der Waals surface area contributed by atoms with Gasteiger partial charge in [-0.25, -0.2) is 0 Å². The molecule has 2 atom stereocenters. The minimum atomic E-state index is -0.00606. The van der Waals surface area contributed by atoms with Gasteiger partial charge in [0, 0.05) is 78.0 Å². The van der Waals surface area contributed by atoms with Gasteiger partial charge in [0.05, 0.1) is 0 Å². The van der Waals surface area contributed by atoms with E-state index in [0.29, 0.717) is 25.7 Å². The molecule has 640 valence electrons. The number of esters is 4.